The molecule has 0 aliphatic rings. The van der Waals surface area contributed by atoms with Gasteiger partial charge in [0.2, 0.25) is 0 Å². The lowest BCUT2D eigenvalue weighted by molar-refractivity contribution is 0.494. The molecule has 0 heterocycles. The van der Waals surface area contributed by atoms with E-state index in [9.17, 15) is 8.42 Å². The average Bonchev–Trinajstić information content (AvgIpc) is 2.48. The van der Waals surface area contributed by atoms with Crippen molar-refractivity contribution in [1.29, 1.82) is 0 Å². The molecule has 0 amide bonds. The van der Waals surface area contributed by atoms with E-state index in [1.807, 2.05) is 61.5 Å². The molecular formula is C16H20N2O2S. The number of hydrogen-bond donors (Lipinski definition) is 1. The van der Waals surface area contributed by atoms with Crippen LogP contribution in [0.3, 0.4) is 0 Å². The second-order valence-electron chi connectivity index (χ2n) is 5.12. The first kappa shape index (κ1) is 15.7. The molecule has 112 valence electrons. The molecule has 0 aromatic heterocycles. The number of nitrogens with zero attached hydrogens (tertiary/aromatic N) is 1. The van der Waals surface area contributed by atoms with E-state index in [0.29, 0.717) is 0 Å². The zero-order valence-corrected chi connectivity index (χ0v) is 13.3. The third-order valence-electron chi connectivity index (χ3n) is 3.32. The fraction of sp³-hybridized carbons (Fsp3) is 0.250. The van der Waals surface area contributed by atoms with Crippen molar-refractivity contribution in [3.8, 4) is 11.1 Å². The van der Waals surface area contributed by atoms with Gasteiger partial charge >= 0.3 is 0 Å². The van der Waals surface area contributed by atoms with Gasteiger partial charge in [0.25, 0.3) is 10.2 Å². The molecule has 1 atom stereocenters. The third-order valence-corrected chi connectivity index (χ3v) is 4.94. The lowest BCUT2D eigenvalue weighted by atomic mass is 10.0. The standard InChI is InChI=1S/C16H20N2O2S/c1-13(17-21(19,20)18(2)3)14-9-11-16(12-10-14)15-7-5-4-6-8-15/h4-13,17H,1-3H3/t13-/m1/s1. The number of hydrogen-bond acceptors (Lipinski definition) is 2. The Morgan fingerprint density at radius 3 is 1.95 bits per heavy atom. The van der Waals surface area contributed by atoms with E-state index in [0.717, 1.165) is 16.7 Å². The van der Waals surface area contributed by atoms with Crippen molar-refractivity contribution >= 4 is 10.2 Å². The first-order valence-corrected chi connectivity index (χ1v) is 8.19. The van der Waals surface area contributed by atoms with Crippen LogP contribution < -0.4 is 4.72 Å². The molecule has 0 bridgehead atoms. The molecule has 0 saturated heterocycles. The van der Waals surface area contributed by atoms with E-state index in [1.165, 1.54) is 18.4 Å². The maximum absolute atomic E-state index is 11.8. The van der Waals surface area contributed by atoms with Crippen molar-refractivity contribution in [2.45, 2.75) is 13.0 Å². The Hall–Kier alpha value is -1.69. The molecule has 4 nitrogen and oxygen atoms in total. The second-order valence-corrected chi connectivity index (χ2v) is 7.03. The Balaban J connectivity index is 2.16. The SMILES string of the molecule is C[C@@H](NS(=O)(=O)N(C)C)c1ccc(-c2ccccc2)cc1. The van der Waals surface area contributed by atoms with Gasteiger partial charge in [-0.2, -0.15) is 17.4 Å². The van der Waals surface area contributed by atoms with Gasteiger partial charge in [-0.15, -0.1) is 0 Å². The van der Waals surface area contributed by atoms with Crippen molar-refractivity contribution in [3.05, 3.63) is 60.2 Å². The van der Waals surface area contributed by atoms with Crippen LogP contribution in [0.4, 0.5) is 0 Å². The summed E-state index contributed by atoms with van der Waals surface area (Å²) in [7, 11) is -0.410. The number of rotatable bonds is 5. The lowest BCUT2D eigenvalue weighted by Gasteiger charge is -2.18. The quantitative estimate of drug-likeness (QED) is 0.923. The molecule has 2 aromatic rings. The average molecular weight is 304 g/mol. The Morgan fingerprint density at radius 2 is 1.43 bits per heavy atom. The maximum atomic E-state index is 11.8. The topological polar surface area (TPSA) is 49.4 Å². The minimum Gasteiger partial charge on any atom is -0.195 e. The van der Waals surface area contributed by atoms with Crippen molar-refractivity contribution in [2.24, 2.45) is 0 Å². The Labute approximate surface area is 126 Å². The normalized spacial score (nSPS) is 13.3. The van der Waals surface area contributed by atoms with E-state index in [-0.39, 0.29) is 6.04 Å². The van der Waals surface area contributed by atoms with E-state index < -0.39 is 10.2 Å². The number of benzene rings is 2. The molecule has 0 fully saturated rings. The Kier molecular flexibility index (Phi) is 4.77. The van der Waals surface area contributed by atoms with Gasteiger partial charge in [0.05, 0.1) is 0 Å². The highest BCUT2D eigenvalue weighted by Crippen LogP contribution is 2.22. The van der Waals surface area contributed by atoms with Crippen LogP contribution in [0.2, 0.25) is 0 Å². The summed E-state index contributed by atoms with van der Waals surface area (Å²) >= 11 is 0. The van der Waals surface area contributed by atoms with Crippen LogP contribution in [0.1, 0.15) is 18.5 Å². The van der Waals surface area contributed by atoms with E-state index in [4.69, 9.17) is 0 Å². The van der Waals surface area contributed by atoms with Crippen LogP contribution in [-0.4, -0.2) is 26.8 Å². The summed E-state index contributed by atoms with van der Waals surface area (Å²) in [6.07, 6.45) is 0. The highest BCUT2D eigenvalue weighted by atomic mass is 32.2. The van der Waals surface area contributed by atoms with Gasteiger partial charge in [0.15, 0.2) is 0 Å². The summed E-state index contributed by atoms with van der Waals surface area (Å²) in [5.41, 5.74) is 3.19. The van der Waals surface area contributed by atoms with Crippen molar-refractivity contribution in [1.82, 2.24) is 9.03 Å². The smallest absolute Gasteiger partial charge is 0.195 e. The van der Waals surface area contributed by atoms with Gasteiger partial charge < -0.3 is 0 Å². The summed E-state index contributed by atoms with van der Waals surface area (Å²) in [6.45, 7) is 1.83. The summed E-state index contributed by atoms with van der Waals surface area (Å²) in [6, 6.07) is 17.7. The van der Waals surface area contributed by atoms with Crippen LogP contribution >= 0.6 is 0 Å². The zero-order chi connectivity index (χ0) is 15.5. The molecule has 0 saturated carbocycles. The maximum Gasteiger partial charge on any atom is 0.279 e. The van der Waals surface area contributed by atoms with Crippen molar-refractivity contribution < 1.29 is 8.42 Å². The first-order chi connectivity index (χ1) is 9.90. The van der Waals surface area contributed by atoms with Gasteiger partial charge in [-0.1, -0.05) is 54.6 Å². The second kappa shape index (κ2) is 6.39. The lowest BCUT2D eigenvalue weighted by Crippen LogP contribution is -2.37. The highest BCUT2D eigenvalue weighted by Gasteiger charge is 2.17. The van der Waals surface area contributed by atoms with Gasteiger partial charge in [0, 0.05) is 20.1 Å². The largest absolute Gasteiger partial charge is 0.279 e. The number of nitrogens with one attached hydrogen (secondary N) is 1. The van der Waals surface area contributed by atoms with Crippen LogP contribution in [0.25, 0.3) is 11.1 Å². The van der Waals surface area contributed by atoms with Crippen LogP contribution in [0.5, 0.6) is 0 Å². The molecule has 21 heavy (non-hydrogen) atoms. The minimum atomic E-state index is -3.42. The fourth-order valence-electron chi connectivity index (χ4n) is 1.99. The van der Waals surface area contributed by atoms with Gasteiger partial charge in [-0.25, -0.2) is 0 Å². The Morgan fingerprint density at radius 1 is 0.905 bits per heavy atom. The molecule has 0 spiro atoms. The minimum absolute atomic E-state index is 0.276. The van der Waals surface area contributed by atoms with E-state index in [1.54, 1.807) is 0 Å². The van der Waals surface area contributed by atoms with Crippen LogP contribution in [0, 0.1) is 0 Å². The van der Waals surface area contributed by atoms with E-state index in [2.05, 4.69) is 4.72 Å². The molecule has 0 aliphatic carbocycles. The van der Waals surface area contributed by atoms with E-state index >= 15 is 0 Å². The molecule has 5 heteroatoms. The summed E-state index contributed by atoms with van der Waals surface area (Å²) in [4.78, 5) is 0. The van der Waals surface area contributed by atoms with Crippen LogP contribution in [-0.2, 0) is 10.2 Å². The van der Waals surface area contributed by atoms with Crippen molar-refractivity contribution in [3.63, 3.8) is 0 Å². The predicted octanol–water partition coefficient (Wildman–Crippen LogP) is 2.81. The summed E-state index contributed by atoms with van der Waals surface area (Å²) < 4.78 is 27.4. The zero-order valence-electron chi connectivity index (χ0n) is 12.4. The first-order valence-electron chi connectivity index (χ1n) is 6.75. The molecule has 1 N–H and O–H groups in total. The van der Waals surface area contributed by atoms with Gasteiger partial charge in [-0.05, 0) is 23.6 Å². The van der Waals surface area contributed by atoms with Gasteiger partial charge in [0.1, 0.15) is 0 Å². The predicted molar refractivity (Wildman–Crippen MR) is 86.0 cm³/mol. The van der Waals surface area contributed by atoms with Crippen molar-refractivity contribution in [2.75, 3.05) is 14.1 Å². The molecule has 0 unspecified atom stereocenters. The molecular weight excluding hydrogens is 284 g/mol. The monoisotopic (exact) mass is 304 g/mol. The molecule has 0 aliphatic heterocycles. The molecule has 0 radical (unpaired) electrons. The third kappa shape index (κ3) is 3.91. The fourth-order valence-corrected chi connectivity index (χ4v) is 2.79. The summed E-state index contributed by atoms with van der Waals surface area (Å²) in [5, 5.41) is 0. The molecule has 2 rings (SSSR count). The highest BCUT2D eigenvalue weighted by molar-refractivity contribution is 7.87. The van der Waals surface area contributed by atoms with Crippen LogP contribution in [0.15, 0.2) is 54.6 Å². The van der Waals surface area contributed by atoms with Gasteiger partial charge in [-0.3, -0.25) is 0 Å². The summed E-state index contributed by atoms with van der Waals surface area (Å²) in [5.74, 6) is 0. The molecule has 2 aromatic carbocycles. The Bertz CT molecular complexity index is 680.